The number of rotatable bonds is 4. The molecule has 0 aromatic heterocycles. The first-order chi connectivity index (χ1) is 7.99. The van der Waals surface area contributed by atoms with E-state index in [2.05, 4.69) is 5.32 Å². The van der Waals surface area contributed by atoms with Crippen LogP contribution in [-0.2, 0) is 9.59 Å². The number of nitrogens with one attached hydrogen (secondary N) is 1. The maximum atomic E-state index is 11.9. The summed E-state index contributed by atoms with van der Waals surface area (Å²) in [7, 11) is 0. The summed E-state index contributed by atoms with van der Waals surface area (Å²) in [6.07, 6.45) is 4.86. The molecule has 0 aromatic rings. The molecule has 96 valence electrons. The van der Waals surface area contributed by atoms with E-state index in [1.54, 1.807) is 13.8 Å². The maximum absolute atomic E-state index is 11.9. The molecule has 2 aliphatic carbocycles. The van der Waals surface area contributed by atoms with Gasteiger partial charge in [-0.05, 0) is 31.1 Å². The van der Waals surface area contributed by atoms with Crippen LogP contribution in [0.15, 0.2) is 0 Å². The van der Waals surface area contributed by atoms with Crippen molar-refractivity contribution in [2.75, 3.05) is 0 Å². The highest BCUT2D eigenvalue weighted by atomic mass is 16.4. The van der Waals surface area contributed by atoms with E-state index in [1.807, 2.05) is 0 Å². The molecular formula is C13H21NO3. The van der Waals surface area contributed by atoms with Crippen molar-refractivity contribution in [1.29, 1.82) is 0 Å². The van der Waals surface area contributed by atoms with Gasteiger partial charge in [-0.15, -0.1) is 0 Å². The standard InChI is InChI=1S/C13H21NO3/c1-7(8(2)13(16)17)12(15)14-11-6-9-3-4-10(11)5-9/h7-11H,3-6H2,1-2H3,(H,14,15)(H,16,17). The molecule has 0 aromatic carbocycles. The fraction of sp³-hybridized carbons (Fsp3) is 0.846. The fourth-order valence-electron chi connectivity index (χ4n) is 3.18. The lowest BCUT2D eigenvalue weighted by Crippen LogP contribution is -2.43. The molecule has 2 bridgehead atoms. The molecule has 0 spiro atoms. The summed E-state index contributed by atoms with van der Waals surface area (Å²) in [5.74, 6) is -0.646. The summed E-state index contributed by atoms with van der Waals surface area (Å²) in [4.78, 5) is 22.8. The summed E-state index contributed by atoms with van der Waals surface area (Å²) in [5.41, 5.74) is 0. The topological polar surface area (TPSA) is 66.4 Å². The molecule has 2 fully saturated rings. The summed E-state index contributed by atoms with van der Waals surface area (Å²) in [6, 6.07) is 0.296. The third-order valence-corrected chi connectivity index (χ3v) is 4.62. The second-order valence-corrected chi connectivity index (χ2v) is 5.71. The first-order valence-electron chi connectivity index (χ1n) is 6.52. The van der Waals surface area contributed by atoms with Gasteiger partial charge in [0.15, 0.2) is 0 Å². The maximum Gasteiger partial charge on any atom is 0.307 e. The Bertz CT molecular complexity index is 329. The summed E-state index contributed by atoms with van der Waals surface area (Å²) < 4.78 is 0. The van der Waals surface area contributed by atoms with Gasteiger partial charge in [0.25, 0.3) is 0 Å². The lowest BCUT2D eigenvalue weighted by molar-refractivity contribution is -0.146. The average Bonchev–Trinajstić information content (AvgIpc) is 2.88. The number of carboxylic acids is 1. The molecular weight excluding hydrogens is 218 g/mol. The fourth-order valence-corrected chi connectivity index (χ4v) is 3.18. The SMILES string of the molecule is CC(C(=O)O)C(C)C(=O)NC1CC2CCC1C2. The van der Waals surface area contributed by atoms with Gasteiger partial charge in [-0.1, -0.05) is 20.3 Å². The van der Waals surface area contributed by atoms with Crippen LogP contribution in [0.4, 0.5) is 0 Å². The van der Waals surface area contributed by atoms with Gasteiger partial charge in [0.05, 0.1) is 5.92 Å². The van der Waals surface area contributed by atoms with Gasteiger partial charge >= 0.3 is 5.97 Å². The Kier molecular flexibility index (Phi) is 3.40. The number of carbonyl (C=O) groups excluding carboxylic acids is 1. The van der Waals surface area contributed by atoms with Gasteiger partial charge < -0.3 is 10.4 Å². The minimum atomic E-state index is -0.902. The van der Waals surface area contributed by atoms with Crippen molar-refractivity contribution in [3.8, 4) is 0 Å². The van der Waals surface area contributed by atoms with Crippen LogP contribution in [0.25, 0.3) is 0 Å². The third-order valence-electron chi connectivity index (χ3n) is 4.62. The highest BCUT2D eigenvalue weighted by molar-refractivity contribution is 5.84. The zero-order valence-electron chi connectivity index (χ0n) is 10.5. The van der Waals surface area contributed by atoms with Gasteiger partial charge in [-0.25, -0.2) is 0 Å². The molecule has 5 unspecified atom stereocenters. The van der Waals surface area contributed by atoms with Crippen LogP contribution in [0.2, 0.25) is 0 Å². The van der Waals surface area contributed by atoms with Crippen LogP contribution in [0.1, 0.15) is 39.5 Å². The molecule has 2 N–H and O–H groups in total. The van der Waals surface area contributed by atoms with Gasteiger partial charge in [0.2, 0.25) is 5.91 Å². The Balaban J connectivity index is 1.87. The number of hydrogen-bond donors (Lipinski definition) is 2. The van der Waals surface area contributed by atoms with E-state index in [0.29, 0.717) is 12.0 Å². The van der Waals surface area contributed by atoms with E-state index in [4.69, 9.17) is 5.11 Å². The molecule has 2 aliphatic rings. The highest BCUT2D eigenvalue weighted by Gasteiger charge is 2.41. The first kappa shape index (κ1) is 12.4. The molecule has 0 saturated heterocycles. The number of aliphatic carboxylic acids is 1. The Morgan fingerprint density at radius 3 is 2.35 bits per heavy atom. The van der Waals surface area contributed by atoms with Gasteiger partial charge in [0, 0.05) is 12.0 Å². The number of hydrogen-bond acceptors (Lipinski definition) is 2. The summed E-state index contributed by atoms with van der Waals surface area (Å²) in [6.45, 7) is 3.29. The molecule has 17 heavy (non-hydrogen) atoms. The van der Waals surface area contributed by atoms with E-state index in [1.165, 1.54) is 19.3 Å². The van der Waals surface area contributed by atoms with Crippen LogP contribution in [0, 0.1) is 23.7 Å². The van der Waals surface area contributed by atoms with Crippen LogP contribution < -0.4 is 5.32 Å². The predicted octanol–water partition coefficient (Wildman–Crippen LogP) is 1.65. The normalized spacial score (nSPS) is 34.4. The van der Waals surface area contributed by atoms with Crippen LogP contribution in [-0.4, -0.2) is 23.0 Å². The van der Waals surface area contributed by atoms with E-state index in [0.717, 1.165) is 12.3 Å². The Labute approximate surface area is 102 Å². The molecule has 2 saturated carbocycles. The van der Waals surface area contributed by atoms with Crippen molar-refractivity contribution < 1.29 is 14.7 Å². The van der Waals surface area contributed by atoms with Crippen molar-refractivity contribution in [2.24, 2.45) is 23.7 Å². The van der Waals surface area contributed by atoms with Crippen molar-refractivity contribution >= 4 is 11.9 Å². The zero-order chi connectivity index (χ0) is 12.6. The Hall–Kier alpha value is -1.06. The van der Waals surface area contributed by atoms with E-state index in [-0.39, 0.29) is 5.91 Å². The Morgan fingerprint density at radius 1 is 1.18 bits per heavy atom. The second kappa shape index (κ2) is 4.67. The highest BCUT2D eigenvalue weighted by Crippen LogP contribution is 2.44. The van der Waals surface area contributed by atoms with Crippen LogP contribution in [0.5, 0.6) is 0 Å². The minimum absolute atomic E-state index is 0.0996. The molecule has 1 amide bonds. The monoisotopic (exact) mass is 239 g/mol. The zero-order valence-corrected chi connectivity index (χ0v) is 10.5. The van der Waals surface area contributed by atoms with Gasteiger partial charge in [0.1, 0.15) is 0 Å². The number of carbonyl (C=O) groups is 2. The lowest BCUT2D eigenvalue weighted by Gasteiger charge is -2.25. The Morgan fingerprint density at radius 2 is 1.88 bits per heavy atom. The average molecular weight is 239 g/mol. The molecule has 4 nitrogen and oxygen atoms in total. The van der Waals surface area contributed by atoms with Crippen molar-refractivity contribution in [1.82, 2.24) is 5.32 Å². The molecule has 5 atom stereocenters. The number of carboxylic acid groups (broad SMARTS) is 1. The lowest BCUT2D eigenvalue weighted by atomic mass is 9.92. The van der Waals surface area contributed by atoms with Crippen LogP contribution in [0.3, 0.4) is 0 Å². The molecule has 4 heteroatoms. The van der Waals surface area contributed by atoms with Crippen molar-refractivity contribution in [2.45, 2.75) is 45.6 Å². The second-order valence-electron chi connectivity index (χ2n) is 5.71. The molecule has 2 rings (SSSR count). The molecule has 0 aliphatic heterocycles. The summed E-state index contributed by atoms with van der Waals surface area (Å²) >= 11 is 0. The van der Waals surface area contributed by atoms with Gasteiger partial charge in [-0.2, -0.15) is 0 Å². The van der Waals surface area contributed by atoms with E-state index in [9.17, 15) is 9.59 Å². The van der Waals surface area contributed by atoms with Crippen LogP contribution >= 0.6 is 0 Å². The summed E-state index contributed by atoms with van der Waals surface area (Å²) in [5, 5.41) is 11.9. The smallest absolute Gasteiger partial charge is 0.307 e. The van der Waals surface area contributed by atoms with E-state index < -0.39 is 17.8 Å². The first-order valence-corrected chi connectivity index (χ1v) is 6.52. The van der Waals surface area contributed by atoms with Crippen molar-refractivity contribution in [3.05, 3.63) is 0 Å². The molecule has 0 heterocycles. The van der Waals surface area contributed by atoms with E-state index >= 15 is 0 Å². The minimum Gasteiger partial charge on any atom is -0.481 e. The molecule has 0 radical (unpaired) electrons. The number of fused-ring (bicyclic) bond motifs is 2. The quantitative estimate of drug-likeness (QED) is 0.784. The largest absolute Gasteiger partial charge is 0.481 e. The van der Waals surface area contributed by atoms with Crippen molar-refractivity contribution in [3.63, 3.8) is 0 Å². The predicted molar refractivity (Wildman–Crippen MR) is 63.3 cm³/mol. The third kappa shape index (κ3) is 2.45. The number of amides is 1. The van der Waals surface area contributed by atoms with Gasteiger partial charge in [-0.3, -0.25) is 9.59 Å².